The second-order valence-corrected chi connectivity index (χ2v) is 7.00. The first-order valence-corrected chi connectivity index (χ1v) is 9.12. The van der Waals surface area contributed by atoms with Crippen LogP contribution < -0.4 is 10.6 Å². The van der Waals surface area contributed by atoms with Gasteiger partial charge in [0.2, 0.25) is 23.6 Å². The molecule has 1 aliphatic heterocycles. The molecule has 0 aliphatic carbocycles. The first-order valence-electron chi connectivity index (χ1n) is 9.12. The third kappa shape index (κ3) is 6.57. The van der Waals surface area contributed by atoms with E-state index in [4.69, 9.17) is 0 Å². The Morgan fingerprint density at radius 3 is 2.46 bits per heavy atom. The van der Waals surface area contributed by atoms with Crippen LogP contribution in [0.1, 0.15) is 52.9 Å². The number of amides is 4. The average Bonchev–Trinajstić information content (AvgIpc) is 2.82. The van der Waals surface area contributed by atoms with Crippen molar-refractivity contribution in [3.63, 3.8) is 0 Å². The van der Waals surface area contributed by atoms with Gasteiger partial charge in [0.15, 0.2) is 0 Å². The summed E-state index contributed by atoms with van der Waals surface area (Å²) in [5, 5.41) is 5.14. The van der Waals surface area contributed by atoms with Gasteiger partial charge in [0.1, 0.15) is 12.3 Å². The lowest BCUT2D eigenvalue weighted by Crippen LogP contribution is -2.50. The zero-order valence-electron chi connectivity index (χ0n) is 15.7. The predicted molar refractivity (Wildman–Crippen MR) is 94.8 cm³/mol. The van der Waals surface area contributed by atoms with Crippen molar-refractivity contribution in [2.24, 2.45) is 11.8 Å². The molecule has 2 N–H and O–H groups in total. The monoisotopic (exact) mass is 367 g/mol. The summed E-state index contributed by atoms with van der Waals surface area (Å²) < 4.78 is 0. The summed E-state index contributed by atoms with van der Waals surface area (Å²) in [7, 11) is 0. The SMILES string of the molecule is CC1CC(=O)N(CCCCCC(=O)NC(C(=O)NCC=O)C(C)C)C1=O. The molecule has 8 heteroatoms. The second kappa shape index (κ2) is 10.7. The smallest absolute Gasteiger partial charge is 0.243 e. The van der Waals surface area contributed by atoms with Crippen LogP contribution >= 0.6 is 0 Å². The van der Waals surface area contributed by atoms with E-state index in [9.17, 15) is 24.0 Å². The van der Waals surface area contributed by atoms with Gasteiger partial charge in [0.25, 0.3) is 0 Å². The first-order chi connectivity index (χ1) is 12.3. The number of rotatable bonds is 11. The van der Waals surface area contributed by atoms with Crippen molar-refractivity contribution < 1.29 is 24.0 Å². The van der Waals surface area contributed by atoms with Crippen molar-refractivity contribution in [1.82, 2.24) is 15.5 Å². The number of unbranched alkanes of at least 4 members (excludes halogenated alkanes) is 2. The Bertz CT molecular complexity index is 547. The topological polar surface area (TPSA) is 113 Å². The van der Waals surface area contributed by atoms with E-state index in [1.165, 1.54) is 4.90 Å². The lowest BCUT2D eigenvalue weighted by atomic mass is 10.0. The lowest BCUT2D eigenvalue weighted by Gasteiger charge is -2.21. The van der Waals surface area contributed by atoms with E-state index in [-0.39, 0.29) is 54.9 Å². The Morgan fingerprint density at radius 2 is 1.92 bits per heavy atom. The fraction of sp³-hybridized carbons (Fsp3) is 0.722. The van der Waals surface area contributed by atoms with Crippen LogP contribution in [0, 0.1) is 11.8 Å². The molecule has 1 saturated heterocycles. The van der Waals surface area contributed by atoms with Crippen LogP contribution in [0.4, 0.5) is 0 Å². The van der Waals surface area contributed by atoms with Gasteiger partial charge >= 0.3 is 0 Å². The summed E-state index contributed by atoms with van der Waals surface area (Å²) in [6.45, 7) is 5.70. The van der Waals surface area contributed by atoms with E-state index in [2.05, 4.69) is 10.6 Å². The summed E-state index contributed by atoms with van der Waals surface area (Å²) in [5.74, 6) is -1.17. The summed E-state index contributed by atoms with van der Waals surface area (Å²) in [4.78, 5) is 59.1. The van der Waals surface area contributed by atoms with Crippen LogP contribution in [-0.2, 0) is 24.0 Å². The molecule has 1 fully saturated rings. The number of nitrogens with one attached hydrogen (secondary N) is 2. The quantitative estimate of drug-likeness (QED) is 0.312. The zero-order chi connectivity index (χ0) is 19.7. The molecule has 1 rings (SSSR count). The highest BCUT2D eigenvalue weighted by Crippen LogP contribution is 2.19. The van der Waals surface area contributed by atoms with Crippen LogP contribution in [0.5, 0.6) is 0 Å². The molecule has 0 radical (unpaired) electrons. The Morgan fingerprint density at radius 1 is 1.23 bits per heavy atom. The van der Waals surface area contributed by atoms with Crippen LogP contribution in [0.15, 0.2) is 0 Å². The molecule has 2 atom stereocenters. The van der Waals surface area contributed by atoms with Gasteiger partial charge in [-0.05, 0) is 18.8 Å². The van der Waals surface area contributed by atoms with Gasteiger partial charge in [0.05, 0.1) is 6.54 Å². The van der Waals surface area contributed by atoms with Crippen molar-refractivity contribution in [3.8, 4) is 0 Å². The molecule has 0 aromatic heterocycles. The molecule has 0 spiro atoms. The number of hydrogen-bond acceptors (Lipinski definition) is 5. The van der Waals surface area contributed by atoms with Gasteiger partial charge < -0.3 is 15.4 Å². The summed E-state index contributed by atoms with van der Waals surface area (Å²) in [5.41, 5.74) is 0. The first kappa shape index (κ1) is 21.8. The minimum Gasteiger partial charge on any atom is -0.348 e. The third-order valence-electron chi connectivity index (χ3n) is 4.38. The largest absolute Gasteiger partial charge is 0.348 e. The maximum Gasteiger partial charge on any atom is 0.243 e. The fourth-order valence-corrected chi connectivity index (χ4v) is 2.85. The van der Waals surface area contributed by atoms with E-state index < -0.39 is 6.04 Å². The number of hydrogen-bond donors (Lipinski definition) is 2. The number of carbonyl (C=O) groups is 5. The lowest BCUT2D eigenvalue weighted by molar-refractivity contribution is -0.139. The van der Waals surface area contributed by atoms with Crippen molar-refractivity contribution in [2.75, 3.05) is 13.1 Å². The normalized spacial score (nSPS) is 18.2. The fourth-order valence-electron chi connectivity index (χ4n) is 2.85. The van der Waals surface area contributed by atoms with Gasteiger partial charge in [-0.3, -0.25) is 24.1 Å². The molecule has 2 unspecified atom stereocenters. The molecule has 0 bridgehead atoms. The highest BCUT2D eigenvalue weighted by molar-refractivity contribution is 6.03. The van der Waals surface area contributed by atoms with Crippen LogP contribution in [-0.4, -0.2) is 53.9 Å². The van der Waals surface area contributed by atoms with Crippen LogP contribution in [0.2, 0.25) is 0 Å². The van der Waals surface area contributed by atoms with Gasteiger partial charge in [-0.1, -0.05) is 27.2 Å². The van der Waals surface area contributed by atoms with E-state index >= 15 is 0 Å². The molecule has 1 heterocycles. The molecule has 0 saturated carbocycles. The summed E-state index contributed by atoms with van der Waals surface area (Å²) in [6, 6.07) is -0.677. The van der Waals surface area contributed by atoms with Gasteiger partial charge in [-0.25, -0.2) is 0 Å². The maximum atomic E-state index is 12.0. The Balaban J connectivity index is 2.28. The molecule has 146 valence electrons. The number of aldehydes is 1. The van der Waals surface area contributed by atoms with Crippen molar-refractivity contribution in [2.45, 2.75) is 58.9 Å². The molecule has 1 aliphatic rings. The third-order valence-corrected chi connectivity index (χ3v) is 4.38. The number of nitrogens with zero attached hydrogens (tertiary/aromatic N) is 1. The van der Waals surface area contributed by atoms with Crippen LogP contribution in [0.25, 0.3) is 0 Å². The molecule has 0 aromatic rings. The molecule has 26 heavy (non-hydrogen) atoms. The molecule has 4 amide bonds. The predicted octanol–water partition coefficient (Wildman–Crippen LogP) is 0.398. The minimum atomic E-state index is -0.677. The van der Waals surface area contributed by atoms with Gasteiger partial charge in [-0.2, -0.15) is 0 Å². The van der Waals surface area contributed by atoms with Gasteiger partial charge in [0, 0.05) is 25.3 Å². The Hall–Kier alpha value is -2.25. The molecular formula is C18H29N3O5. The van der Waals surface area contributed by atoms with E-state index in [0.717, 1.165) is 0 Å². The highest BCUT2D eigenvalue weighted by atomic mass is 16.2. The number of likely N-dealkylation sites (tertiary alicyclic amines) is 1. The summed E-state index contributed by atoms with van der Waals surface area (Å²) in [6.07, 6.45) is 3.12. The van der Waals surface area contributed by atoms with E-state index in [1.807, 2.05) is 13.8 Å². The molecular weight excluding hydrogens is 338 g/mol. The Labute approximate surface area is 154 Å². The summed E-state index contributed by atoms with van der Waals surface area (Å²) >= 11 is 0. The standard InChI is InChI=1S/C18H29N3O5/c1-12(2)16(17(25)19-8-10-22)20-14(23)7-5-4-6-9-21-15(24)11-13(3)18(21)26/h10,12-13,16H,4-9,11H2,1-3H3,(H,19,25)(H,20,23). The van der Waals surface area contributed by atoms with Crippen LogP contribution in [0.3, 0.4) is 0 Å². The molecule has 0 aromatic carbocycles. The average molecular weight is 367 g/mol. The number of carbonyl (C=O) groups excluding carboxylic acids is 5. The van der Waals surface area contributed by atoms with Crippen molar-refractivity contribution in [3.05, 3.63) is 0 Å². The second-order valence-electron chi connectivity index (χ2n) is 7.00. The van der Waals surface area contributed by atoms with Crippen molar-refractivity contribution >= 4 is 29.9 Å². The van der Waals surface area contributed by atoms with E-state index in [1.54, 1.807) is 6.92 Å². The zero-order valence-corrected chi connectivity index (χ0v) is 15.7. The van der Waals surface area contributed by atoms with Crippen molar-refractivity contribution in [1.29, 1.82) is 0 Å². The molecule has 8 nitrogen and oxygen atoms in total. The minimum absolute atomic E-state index is 0.0789. The van der Waals surface area contributed by atoms with E-state index in [0.29, 0.717) is 32.1 Å². The maximum absolute atomic E-state index is 12.0. The number of imide groups is 1. The highest BCUT2D eigenvalue weighted by Gasteiger charge is 2.34. The van der Waals surface area contributed by atoms with Gasteiger partial charge in [-0.15, -0.1) is 0 Å². The Kier molecular flexibility index (Phi) is 8.95.